The molecule has 3 N–H and O–H groups in total. The maximum atomic E-state index is 12.3. The van der Waals surface area contributed by atoms with Crippen molar-refractivity contribution in [3.05, 3.63) is 23.2 Å². The fourth-order valence-electron chi connectivity index (χ4n) is 1.76. The third-order valence-corrected chi connectivity index (χ3v) is 2.53. The predicted molar refractivity (Wildman–Crippen MR) is 67.8 cm³/mol. The van der Waals surface area contributed by atoms with Crippen LogP contribution < -0.4 is 5.73 Å². The summed E-state index contributed by atoms with van der Waals surface area (Å²) >= 11 is 0. The van der Waals surface area contributed by atoms with Crippen molar-refractivity contribution >= 4 is 11.7 Å². The summed E-state index contributed by atoms with van der Waals surface area (Å²) in [7, 11) is 0. The van der Waals surface area contributed by atoms with Gasteiger partial charge in [-0.15, -0.1) is 0 Å². The number of hydrogen-bond donors (Lipinski definition) is 2. The number of carbonyl (C=O) groups excluding carboxylic acids is 1. The first-order valence-electron chi connectivity index (χ1n) is 5.82. The van der Waals surface area contributed by atoms with Crippen molar-refractivity contribution in [2.45, 2.75) is 27.2 Å². The van der Waals surface area contributed by atoms with Crippen LogP contribution in [0.2, 0.25) is 0 Å². The lowest BCUT2D eigenvalue weighted by Crippen LogP contribution is -2.39. The van der Waals surface area contributed by atoms with E-state index >= 15 is 0 Å². The van der Waals surface area contributed by atoms with E-state index in [9.17, 15) is 4.79 Å². The lowest BCUT2D eigenvalue weighted by atomic mass is 10.2. The standard InChI is InChI=1S/C12H19N3O3/c1-4-5-15(7-11(13)14-17)12(16)10-6-8(2)18-9(10)3/h6,17H,4-5,7H2,1-3H3,(H2,13,14). The second kappa shape index (κ2) is 6.09. The molecule has 0 aliphatic heterocycles. The molecule has 18 heavy (non-hydrogen) atoms. The number of aryl methyl sites for hydroxylation is 2. The van der Waals surface area contributed by atoms with Gasteiger partial charge in [-0.25, -0.2) is 0 Å². The topological polar surface area (TPSA) is 92.1 Å². The fraction of sp³-hybridized carbons (Fsp3) is 0.500. The molecular weight excluding hydrogens is 234 g/mol. The third kappa shape index (κ3) is 3.26. The molecule has 100 valence electrons. The van der Waals surface area contributed by atoms with E-state index in [1.54, 1.807) is 19.9 Å². The molecule has 0 fully saturated rings. The summed E-state index contributed by atoms with van der Waals surface area (Å²) in [4.78, 5) is 13.8. The Morgan fingerprint density at radius 2 is 2.22 bits per heavy atom. The minimum atomic E-state index is -0.169. The first-order valence-corrected chi connectivity index (χ1v) is 5.82. The average molecular weight is 253 g/mol. The monoisotopic (exact) mass is 253 g/mol. The number of furan rings is 1. The smallest absolute Gasteiger partial charge is 0.257 e. The zero-order valence-electron chi connectivity index (χ0n) is 10.9. The van der Waals surface area contributed by atoms with Gasteiger partial charge in [-0.2, -0.15) is 0 Å². The molecule has 1 amide bonds. The summed E-state index contributed by atoms with van der Waals surface area (Å²) in [6.07, 6.45) is 0.792. The Kier molecular flexibility index (Phi) is 4.76. The van der Waals surface area contributed by atoms with E-state index < -0.39 is 0 Å². The largest absolute Gasteiger partial charge is 0.466 e. The van der Waals surface area contributed by atoms with Gasteiger partial charge in [-0.1, -0.05) is 12.1 Å². The van der Waals surface area contributed by atoms with Crippen LogP contribution in [0.25, 0.3) is 0 Å². The van der Waals surface area contributed by atoms with E-state index in [4.69, 9.17) is 15.4 Å². The summed E-state index contributed by atoms with van der Waals surface area (Å²) in [6.45, 7) is 6.14. The molecule has 0 unspecified atom stereocenters. The van der Waals surface area contributed by atoms with Gasteiger partial charge in [-0.3, -0.25) is 4.79 Å². The van der Waals surface area contributed by atoms with Crippen LogP contribution in [0.15, 0.2) is 15.6 Å². The fourth-order valence-corrected chi connectivity index (χ4v) is 1.76. The second-order valence-corrected chi connectivity index (χ2v) is 4.14. The summed E-state index contributed by atoms with van der Waals surface area (Å²) < 4.78 is 5.34. The van der Waals surface area contributed by atoms with Crippen LogP contribution in [-0.4, -0.2) is 34.9 Å². The van der Waals surface area contributed by atoms with Gasteiger partial charge in [0.1, 0.15) is 11.5 Å². The molecule has 0 aliphatic rings. The Bertz CT molecular complexity index is 451. The summed E-state index contributed by atoms with van der Waals surface area (Å²) in [5, 5.41) is 11.5. The van der Waals surface area contributed by atoms with Crippen molar-refractivity contribution in [3.63, 3.8) is 0 Å². The average Bonchev–Trinajstić information content (AvgIpc) is 2.66. The third-order valence-electron chi connectivity index (χ3n) is 2.53. The lowest BCUT2D eigenvalue weighted by molar-refractivity contribution is 0.0776. The van der Waals surface area contributed by atoms with Crippen LogP contribution in [0.1, 0.15) is 35.2 Å². The highest BCUT2D eigenvalue weighted by Gasteiger charge is 2.20. The van der Waals surface area contributed by atoms with Gasteiger partial charge in [0.05, 0.1) is 12.1 Å². The van der Waals surface area contributed by atoms with Crippen molar-refractivity contribution in [1.29, 1.82) is 0 Å². The predicted octanol–water partition coefficient (Wildman–Crippen LogP) is 1.50. The van der Waals surface area contributed by atoms with Crippen molar-refractivity contribution < 1.29 is 14.4 Å². The van der Waals surface area contributed by atoms with Gasteiger partial charge in [0.15, 0.2) is 5.84 Å². The number of rotatable bonds is 5. The molecule has 1 aromatic heterocycles. The maximum absolute atomic E-state index is 12.3. The van der Waals surface area contributed by atoms with Crippen LogP contribution in [0.5, 0.6) is 0 Å². The van der Waals surface area contributed by atoms with Gasteiger partial charge in [0.2, 0.25) is 0 Å². The maximum Gasteiger partial charge on any atom is 0.257 e. The molecule has 0 saturated heterocycles. The van der Waals surface area contributed by atoms with Gasteiger partial charge in [-0.05, 0) is 26.3 Å². The van der Waals surface area contributed by atoms with E-state index in [0.717, 1.165) is 6.42 Å². The van der Waals surface area contributed by atoms with E-state index in [0.29, 0.717) is 23.6 Å². The van der Waals surface area contributed by atoms with Crippen molar-refractivity contribution in [2.24, 2.45) is 10.9 Å². The minimum absolute atomic E-state index is 0.00895. The highest BCUT2D eigenvalue weighted by molar-refractivity contribution is 5.97. The van der Waals surface area contributed by atoms with Crippen LogP contribution in [-0.2, 0) is 0 Å². The minimum Gasteiger partial charge on any atom is -0.466 e. The van der Waals surface area contributed by atoms with Crippen LogP contribution in [0.4, 0.5) is 0 Å². The molecule has 0 spiro atoms. The number of amides is 1. The molecular formula is C12H19N3O3. The first kappa shape index (κ1) is 14.1. The molecule has 6 nitrogen and oxygen atoms in total. The number of carbonyl (C=O) groups is 1. The zero-order valence-corrected chi connectivity index (χ0v) is 10.9. The van der Waals surface area contributed by atoms with E-state index in [-0.39, 0.29) is 18.3 Å². The molecule has 0 saturated carbocycles. The van der Waals surface area contributed by atoms with E-state index in [1.165, 1.54) is 4.90 Å². The molecule has 1 aromatic rings. The number of nitrogens with two attached hydrogens (primary N) is 1. The summed E-state index contributed by atoms with van der Waals surface area (Å²) in [6, 6.07) is 1.70. The summed E-state index contributed by atoms with van der Waals surface area (Å²) in [5.74, 6) is 1.11. The lowest BCUT2D eigenvalue weighted by Gasteiger charge is -2.20. The number of nitrogens with zero attached hydrogens (tertiary/aromatic N) is 2. The second-order valence-electron chi connectivity index (χ2n) is 4.14. The summed E-state index contributed by atoms with van der Waals surface area (Å²) in [5.41, 5.74) is 5.97. The highest BCUT2D eigenvalue weighted by Crippen LogP contribution is 2.16. The molecule has 0 aliphatic carbocycles. The van der Waals surface area contributed by atoms with Gasteiger partial charge < -0.3 is 20.3 Å². The van der Waals surface area contributed by atoms with Crippen molar-refractivity contribution in [1.82, 2.24) is 4.90 Å². The molecule has 1 rings (SSSR count). The Labute approximate surface area is 106 Å². The molecule has 0 radical (unpaired) electrons. The molecule has 0 bridgehead atoms. The van der Waals surface area contributed by atoms with E-state index in [2.05, 4.69) is 5.16 Å². The number of oxime groups is 1. The SMILES string of the molecule is CCCN(CC(N)=NO)C(=O)c1cc(C)oc1C. The normalized spacial score (nSPS) is 11.6. The van der Waals surface area contributed by atoms with Crippen molar-refractivity contribution in [2.75, 3.05) is 13.1 Å². The molecule has 0 aromatic carbocycles. The van der Waals surface area contributed by atoms with Gasteiger partial charge in [0.25, 0.3) is 5.91 Å². The quantitative estimate of drug-likeness (QED) is 0.360. The number of amidine groups is 1. The Hall–Kier alpha value is -1.98. The molecule has 0 atom stereocenters. The zero-order chi connectivity index (χ0) is 13.7. The van der Waals surface area contributed by atoms with Crippen LogP contribution in [0.3, 0.4) is 0 Å². The van der Waals surface area contributed by atoms with Crippen LogP contribution >= 0.6 is 0 Å². The Balaban J connectivity index is 2.92. The van der Waals surface area contributed by atoms with Crippen LogP contribution in [0, 0.1) is 13.8 Å². The first-order chi connectivity index (χ1) is 8.49. The molecule has 6 heteroatoms. The Morgan fingerprint density at radius 3 is 2.67 bits per heavy atom. The van der Waals surface area contributed by atoms with Gasteiger partial charge >= 0.3 is 0 Å². The molecule has 1 heterocycles. The van der Waals surface area contributed by atoms with Gasteiger partial charge in [0, 0.05) is 6.54 Å². The highest BCUT2D eigenvalue weighted by atomic mass is 16.4. The van der Waals surface area contributed by atoms with E-state index in [1.807, 2.05) is 6.92 Å². The van der Waals surface area contributed by atoms with Crippen molar-refractivity contribution in [3.8, 4) is 0 Å². The Morgan fingerprint density at radius 1 is 1.56 bits per heavy atom. The number of hydrogen-bond acceptors (Lipinski definition) is 4.